The molecule has 3 heteroatoms. The van der Waals surface area contributed by atoms with Crippen LogP contribution in [0.3, 0.4) is 0 Å². The number of carbonyl (C=O) groups excluding carboxylic acids is 1. The van der Waals surface area contributed by atoms with Crippen molar-refractivity contribution in [3.05, 3.63) is 29.6 Å². The van der Waals surface area contributed by atoms with Gasteiger partial charge in [-0.25, -0.2) is 4.39 Å². The maximum absolute atomic E-state index is 12.9. The van der Waals surface area contributed by atoms with E-state index < -0.39 is 11.6 Å². The number of aromatic hydroxyl groups is 1. The highest BCUT2D eigenvalue weighted by molar-refractivity contribution is 5.96. The van der Waals surface area contributed by atoms with Crippen LogP contribution in [0.1, 0.15) is 36.5 Å². The van der Waals surface area contributed by atoms with Crippen LogP contribution < -0.4 is 0 Å². The van der Waals surface area contributed by atoms with Crippen molar-refractivity contribution in [3.8, 4) is 5.75 Å². The number of rotatable bonds is 4. The molecule has 0 fully saturated rings. The van der Waals surface area contributed by atoms with Gasteiger partial charge in [-0.3, -0.25) is 4.79 Å². The minimum absolute atomic E-state index is 0.0780. The van der Waals surface area contributed by atoms with Crippen LogP contribution in [0.4, 0.5) is 4.39 Å². The van der Waals surface area contributed by atoms with E-state index in [0.717, 1.165) is 18.9 Å². The van der Waals surface area contributed by atoms with Gasteiger partial charge in [-0.15, -0.1) is 0 Å². The molecule has 2 nitrogen and oxygen atoms in total. The third-order valence-electron chi connectivity index (χ3n) is 2.03. The van der Waals surface area contributed by atoms with Gasteiger partial charge in [-0.1, -0.05) is 13.3 Å². The first-order valence-electron chi connectivity index (χ1n) is 4.67. The molecule has 0 radical (unpaired) electrons. The molecule has 0 atom stereocenters. The normalized spacial score (nSPS) is 10.1. The highest BCUT2D eigenvalue weighted by atomic mass is 19.1. The van der Waals surface area contributed by atoms with Crippen molar-refractivity contribution < 1.29 is 14.3 Å². The van der Waals surface area contributed by atoms with E-state index in [1.54, 1.807) is 0 Å². The van der Waals surface area contributed by atoms with Gasteiger partial charge in [0.2, 0.25) is 0 Å². The summed E-state index contributed by atoms with van der Waals surface area (Å²) >= 11 is 0. The van der Waals surface area contributed by atoms with Crippen molar-refractivity contribution in [1.82, 2.24) is 0 Å². The zero-order valence-corrected chi connectivity index (χ0v) is 8.09. The number of phenols is 1. The van der Waals surface area contributed by atoms with Gasteiger partial charge in [-0.2, -0.15) is 0 Å². The molecule has 0 unspecified atom stereocenters. The summed E-state index contributed by atoms with van der Waals surface area (Å²) in [6.45, 7) is 1.99. The zero-order valence-electron chi connectivity index (χ0n) is 8.09. The van der Waals surface area contributed by atoms with E-state index >= 15 is 0 Å². The Labute approximate surface area is 82.4 Å². The third kappa shape index (κ3) is 2.55. The van der Waals surface area contributed by atoms with E-state index in [0.29, 0.717) is 12.0 Å². The molecule has 14 heavy (non-hydrogen) atoms. The average molecular weight is 196 g/mol. The van der Waals surface area contributed by atoms with Crippen molar-refractivity contribution in [3.63, 3.8) is 0 Å². The monoisotopic (exact) mass is 196 g/mol. The summed E-state index contributed by atoms with van der Waals surface area (Å²) in [6.07, 6.45) is 2.17. The SMILES string of the molecule is CCCCC(=O)c1ccc(O)c(F)c1. The van der Waals surface area contributed by atoms with Gasteiger partial charge in [0.25, 0.3) is 0 Å². The lowest BCUT2D eigenvalue weighted by atomic mass is 10.1. The second kappa shape index (κ2) is 4.74. The van der Waals surface area contributed by atoms with Gasteiger partial charge in [0, 0.05) is 12.0 Å². The molecule has 1 aromatic carbocycles. The number of hydrogen-bond donors (Lipinski definition) is 1. The molecule has 76 valence electrons. The highest BCUT2D eigenvalue weighted by Gasteiger charge is 2.08. The second-order valence-electron chi connectivity index (χ2n) is 3.19. The van der Waals surface area contributed by atoms with E-state index in [1.165, 1.54) is 12.1 Å². The Bertz CT molecular complexity index is 334. The van der Waals surface area contributed by atoms with Crippen molar-refractivity contribution >= 4 is 5.78 Å². The van der Waals surface area contributed by atoms with Crippen molar-refractivity contribution in [1.29, 1.82) is 0 Å². The molecule has 0 heterocycles. The Morgan fingerprint density at radius 3 is 2.79 bits per heavy atom. The number of hydrogen-bond acceptors (Lipinski definition) is 2. The lowest BCUT2D eigenvalue weighted by molar-refractivity contribution is 0.0979. The first-order valence-corrected chi connectivity index (χ1v) is 4.67. The van der Waals surface area contributed by atoms with Crippen LogP contribution in [0.25, 0.3) is 0 Å². The van der Waals surface area contributed by atoms with Gasteiger partial charge < -0.3 is 5.11 Å². The Hall–Kier alpha value is -1.38. The molecule has 1 rings (SSSR count). The summed E-state index contributed by atoms with van der Waals surface area (Å²) in [5, 5.41) is 8.92. The number of Topliss-reactive ketones (excluding diaryl/α,β-unsaturated/α-hetero) is 1. The Morgan fingerprint density at radius 1 is 1.50 bits per heavy atom. The molecule has 0 aliphatic heterocycles. The topological polar surface area (TPSA) is 37.3 Å². The first-order chi connectivity index (χ1) is 6.65. The predicted molar refractivity (Wildman–Crippen MR) is 51.9 cm³/mol. The quantitative estimate of drug-likeness (QED) is 0.752. The minimum atomic E-state index is -0.743. The van der Waals surface area contributed by atoms with E-state index in [4.69, 9.17) is 5.11 Å². The number of halogens is 1. The Balaban J connectivity index is 2.76. The summed E-state index contributed by atoms with van der Waals surface area (Å²) in [5.41, 5.74) is 0.328. The largest absolute Gasteiger partial charge is 0.505 e. The number of ketones is 1. The Morgan fingerprint density at radius 2 is 2.21 bits per heavy atom. The van der Waals surface area contributed by atoms with Crippen LogP contribution in [0, 0.1) is 5.82 Å². The van der Waals surface area contributed by atoms with Crippen molar-refractivity contribution in [2.45, 2.75) is 26.2 Å². The van der Waals surface area contributed by atoms with E-state index in [9.17, 15) is 9.18 Å². The molecule has 0 spiro atoms. The third-order valence-corrected chi connectivity index (χ3v) is 2.03. The molecule has 0 aromatic heterocycles. The molecule has 0 saturated carbocycles. The van der Waals surface area contributed by atoms with Crippen molar-refractivity contribution in [2.24, 2.45) is 0 Å². The Kier molecular flexibility index (Phi) is 3.63. The van der Waals surface area contributed by atoms with Crippen molar-refractivity contribution in [2.75, 3.05) is 0 Å². The summed E-state index contributed by atoms with van der Waals surface area (Å²) in [7, 11) is 0. The highest BCUT2D eigenvalue weighted by Crippen LogP contribution is 2.17. The summed E-state index contributed by atoms with van der Waals surface area (Å²) < 4.78 is 12.9. The lowest BCUT2D eigenvalue weighted by Gasteiger charge is -2.01. The molecule has 1 N–H and O–H groups in total. The van der Waals surface area contributed by atoms with Gasteiger partial charge in [0.15, 0.2) is 17.3 Å². The van der Waals surface area contributed by atoms with Crippen LogP contribution in [-0.2, 0) is 0 Å². The van der Waals surface area contributed by atoms with Crippen LogP contribution in [0.2, 0.25) is 0 Å². The molecule has 0 aliphatic carbocycles. The van der Waals surface area contributed by atoms with Gasteiger partial charge in [0.05, 0.1) is 0 Å². The fraction of sp³-hybridized carbons (Fsp3) is 0.364. The number of carbonyl (C=O) groups is 1. The summed E-state index contributed by atoms with van der Waals surface area (Å²) in [4.78, 5) is 11.4. The molecule has 0 bridgehead atoms. The zero-order chi connectivity index (χ0) is 10.6. The standard InChI is InChI=1S/C11H13FO2/c1-2-3-4-10(13)8-5-6-11(14)9(12)7-8/h5-7,14H,2-4H2,1H3. The summed E-state index contributed by atoms with van der Waals surface area (Å²) in [6, 6.07) is 3.72. The number of unbranched alkanes of at least 4 members (excludes halogenated alkanes) is 1. The maximum atomic E-state index is 12.9. The maximum Gasteiger partial charge on any atom is 0.165 e. The fourth-order valence-corrected chi connectivity index (χ4v) is 1.16. The number of phenolic OH excluding ortho intramolecular Hbond substituents is 1. The molecule has 0 saturated heterocycles. The lowest BCUT2D eigenvalue weighted by Crippen LogP contribution is -1.99. The second-order valence-corrected chi connectivity index (χ2v) is 3.19. The first kappa shape index (κ1) is 10.7. The van der Waals surface area contributed by atoms with Gasteiger partial charge >= 0.3 is 0 Å². The molecular formula is C11H13FO2. The van der Waals surface area contributed by atoms with Gasteiger partial charge in [0.1, 0.15) is 0 Å². The van der Waals surface area contributed by atoms with Gasteiger partial charge in [-0.05, 0) is 24.6 Å². The average Bonchev–Trinajstić information content (AvgIpc) is 2.18. The minimum Gasteiger partial charge on any atom is -0.505 e. The van der Waals surface area contributed by atoms with E-state index in [2.05, 4.69) is 0 Å². The molecule has 0 aliphatic rings. The number of benzene rings is 1. The van der Waals surface area contributed by atoms with Crippen LogP contribution in [0.5, 0.6) is 5.75 Å². The molecular weight excluding hydrogens is 183 g/mol. The van der Waals surface area contributed by atoms with Crippen LogP contribution >= 0.6 is 0 Å². The van der Waals surface area contributed by atoms with Crippen LogP contribution in [0.15, 0.2) is 18.2 Å². The van der Waals surface area contributed by atoms with Crippen LogP contribution in [-0.4, -0.2) is 10.9 Å². The molecule has 1 aromatic rings. The predicted octanol–water partition coefficient (Wildman–Crippen LogP) is 2.90. The molecule has 0 amide bonds. The van der Waals surface area contributed by atoms with E-state index in [-0.39, 0.29) is 5.78 Å². The van der Waals surface area contributed by atoms with E-state index in [1.807, 2.05) is 6.92 Å². The fourth-order valence-electron chi connectivity index (χ4n) is 1.16. The smallest absolute Gasteiger partial charge is 0.165 e. The summed E-state index contributed by atoms with van der Waals surface area (Å²) in [5.74, 6) is -1.24.